The number of carbonyl (C=O) groups excluding carboxylic acids is 1. The van der Waals surface area contributed by atoms with Crippen LogP contribution in [0.1, 0.15) is 10.4 Å². The summed E-state index contributed by atoms with van der Waals surface area (Å²) >= 11 is 1.69. The quantitative estimate of drug-likeness (QED) is 0.507. The number of hydrogen-bond acceptors (Lipinski definition) is 5. The highest BCUT2D eigenvalue weighted by molar-refractivity contribution is 7.17. The smallest absolute Gasteiger partial charge is 0.255 e. The van der Waals surface area contributed by atoms with Gasteiger partial charge in [0.15, 0.2) is 0 Å². The summed E-state index contributed by atoms with van der Waals surface area (Å²) in [5, 5.41) is 6.25. The Kier molecular flexibility index (Phi) is 5.17. The zero-order chi connectivity index (χ0) is 20.3. The molecule has 6 heteroatoms. The molecule has 0 saturated carbocycles. The number of nitrogens with one attached hydrogen (secondary N) is 1. The standard InChI is InChI=1S/C24H21N3O2S/c28-24(26-18-5-7-19(8-6-18)27-11-13-29-14-12-27)17-9-10-25-22(15-17)21-16-30-23-4-2-1-3-20(21)23/h1-10,15-16H,11-14H2,(H,26,28). The summed E-state index contributed by atoms with van der Waals surface area (Å²) in [4.78, 5) is 19.6. The fourth-order valence-corrected chi connectivity index (χ4v) is 4.63. The van der Waals surface area contributed by atoms with E-state index in [1.165, 1.54) is 4.70 Å². The molecule has 5 rings (SSSR count). The summed E-state index contributed by atoms with van der Waals surface area (Å²) in [7, 11) is 0. The number of aromatic nitrogens is 1. The van der Waals surface area contributed by atoms with Crippen molar-refractivity contribution in [1.82, 2.24) is 4.98 Å². The SMILES string of the molecule is O=C(Nc1ccc(N2CCOCC2)cc1)c1ccnc(-c2csc3ccccc23)c1. The van der Waals surface area contributed by atoms with E-state index in [1.54, 1.807) is 23.6 Å². The highest BCUT2D eigenvalue weighted by Gasteiger charge is 2.13. The lowest BCUT2D eigenvalue weighted by atomic mass is 10.1. The Morgan fingerprint density at radius 1 is 1.03 bits per heavy atom. The molecule has 1 aliphatic heterocycles. The lowest BCUT2D eigenvalue weighted by Gasteiger charge is -2.28. The molecule has 3 heterocycles. The number of carbonyl (C=O) groups is 1. The molecule has 2 aromatic carbocycles. The molecule has 0 atom stereocenters. The number of morpholine rings is 1. The predicted octanol–water partition coefficient (Wildman–Crippen LogP) is 5.05. The van der Waals surface area contributed by atoms with E-state index in [1.807, 2.05) is 42.5 Å². The number of ether oxygens (including phenoxy) is 1. The van der Waals surface area contributed by atoms with Crippen LogP contribution in [0.25, 0.3) is 21.3 Å². The van der Waals surface area contributed by atoms with E-state index in [-0.39, 0.29) is 5.91 Å². The third-order valence-electron chi connectivity index (χ3n) is 5.28. The predicted molar refractivity (Wildman–Crippen MR) is 122 cm³/mol. The van der Waals surface area contributed by atoms with Crippen LogP contribution in [0.15, 0.2) is 72.2 Å². The molecule has 1 N–H and O–H groups in total. The lowest BCUT2D eigenvalue weighted by molar-refractivity contribution is 0.102. The Bertz CT molecular complexity index is 1180. The van der Waals surface area contributed by atoms with Crippen LogP contribution in [0.5, 0.6) is 0 Å². The summed E-state index contributed by atoms with van der Waals surface area (Å²) in [5.74, 6) is -0.141. The first kappa shape index (κ1) is 18.8. The molecule has 4 aromatic rings. The number of amides is 1. The highest BCUT2D eigenvalue weighted by Crippen LogP contribution is 2.33. The monoisotopic (exact) mass is 415 g/mol. The van der Waals surface area contributed by atoms with E-state index < -0.39 is 0 Å². The Labute approximate surface area is 178 Å². The summed E-state index contributed by atoms with van der Waals surface area (Å²) < 4.78 is 6.62. The molecule has 0 bridgehead atoms. The molecule has 0 unspecified atom stereocenters. The Balaban J connectivity index is 1.33. The fraction of sp³-hybridized carbons (Fsp3) is 0.167. The van der Waals surface area contributed by atoms with Crippen molar-refractivity contribution in [2.45, 2.75) is 0 Å². The Hall–Kier alpha value is -3.22. The third-order valence-corrected chi connectivity index (χ3v) is 6.24. The van der Waals surface area contributed by atoms with Gasteiger partial charge in [-0.05, 0) is 42.5 Å². The van der Waals surface area contributed by atoms with Gasteiger partial charge in [0.25, 0.3) is 5.91 Å². The van der Waals surface area contributed by atoms with Crippen molar-refractivity contribution in [3.8, 4) is 11.3 Å². The van der Waals surface area contributed by atoms with Gasteiger partial charge in [-0.15, -0.1) is 11.3 Å². The van der Waals surface area contributed by atoms with Gasteiger partial charge in [0.05, 0.1) is 18.9 Å². The first-order valence-electron chi connectivity index (χ1n) is 9.95. The lowest BCUT2D eigenvalue weighted by Crippen LogP contribution is -2.36. The van der Waals surface area contributed by atoms with Gasteiger partial charge in [-0.2, -0.15) is 0 Å². The van der Waals surface area contributed by atoms with Gasteiger partial charge in [0, 0.05) is 57.3 Å². The zero-order valence-electron chi connectivity index (χ0n) is 16.4. The Morgan fingerprint density at radius 3 is 2.67 bits per heavy atom. The van der Waals surface area contributed by atoms with Crippen molar-refractivity contribution in [3.63, 3.8) is 0 Å². The molecule has 1 aliphatic rings. The summed E-state index contributed by atoms with van der Waals surface area (Å²) in [5.41, 5.74) is 4.37. The molecule has 0 radical (unpaired) electrons. The number of hydrogen-bond donors (Lipinski definition) is 1. The number of fused-ring (bicyclic) bond motifs is 1. The van der Waals surface area contributed by atoms with Crippen LogP contribution in [0.3, 0.4) is 0 Å². The molecule has 30 heavy (non-hydrogen) atoms. The molecule has 5 nitrogen and oxygen atoms in total. The van der Waals surface area contributed by atoms with Crippen LogP contribution in [0.2, 0.25) is 0 Å². The van der Waals surface area contributed by atoms with Crippen LogP contribution >= 0.6 is 11.3 Å². The molecular weight excluding hydrogens is 394 g/mol. The number of anilines is 2. The van der Waals surface area contributed by atoms with Crippen molar-refractivity contribution in [1.29, 1.82) is 0 Å². The average Bonchev–Trinajstić information content (AvgIpc) is 3.24. The van der Waals surface area contributed by atoms with Gasteiger partial charge in [-0.25, -0.2) is 0 Å². The van der Waals surface area contributed by atoms with Gasteiger partial charge in [-0.1, -0.05) is 18.2 Å². The van der Waals surface area contributed by atoms with Crippen molar-refractivity contribution >= 4 is 38.7 Å². The van der Waals surface area contributed by atoms with E-state index in [9.17, 15) is 4.79 Å². The minimum absolute atomic E-state index is 0.141. The van der Waals surface area contributed by atoms with Crippen molar-refractivity contribution < 1.29 is 9.53 Å². The molecule has 0 spiro atoms. The van der Waals surface area contributed by atoms with Crippen LogP contribution in [0.4, 0.5) is 11.4 Å². The molecule has 2 aromatic heterocycles. The summed E-state index contributed by atoms with van der Waals surface area (Å²) in [6, 6.07) is 19.8. The fourth-order valence-electron chi connectivity index (χ4n) is 3.68. The van der Waals surface area contributed by atoms with E-state index in [0.29, 0.717) is 5.56 Å². The number of thiophene rings is 1. The van der Waals surface area contributed by atoms with Crippen LogP contribution in [-0.2, 0) is 4.74 Å². The van der Waals surface area contributed by atoms with E-state index in [4.69, 9.17) is 4.74 Å². The van der Waals surface area contributed by atoms with Crippen LogP contribution in [0, 0.1) is 0 Å². The second-order valence-corrected chi connectivity index (χ2v) is 8.09. The van der Waals surface area contributed by atoms with Gasteiger partial charge >= 0.3 is 0 Å². The van der Waals surface area contributed by atoms with E-state index in [2.05, 4.69) is 32.7 Å². The zero-order valence-corrected chi connectivity index (χ0v) is 17.2. The van der Waals surface area contributed by atoms with Gasteiger partial charge in [0.2, 0.25) is 0 Å². The second-order valence-electron chi connectivity index (χ2n) is 7.18. The topological polar surface area (TPSA) is 54.5 Å². The molecule has 0 aliphatic carbocycles. The van der Waals surface area contributed by atoms with Gasteiger partial charge in [0.1, 0.15) is 0 Å². The second kappa shape index (κ2) is 8.26. The average molecular weight is 416 g/mol. The van der Waals surface area contributed by atoms with Crippen molar-refractivity contribution in [2.24, 2.45) is 0 Å². The number of nitrogens with zero attached hydrogens (tertiary/aromatic N) is 2. The minimum Gasteiger partial charge on any atom is -0.378 e. The molecule has 1 saturated heterocycles. The molecule has 150 valence electrons. The van der Waals surface area contributed by atoms with E-state index >= 15 is 0 Å². The van der Waals surface area contributed by atoms with Crippen molar-refractivity contribution in [3.05, 3.63) is 77.8 Å². The summed E-state index contributed by atoms with van der Waals surface area (Å²) in [6.07, 6.45) is 1.69. The maximum absolute atomic E-state index is 12.8. The molecular formula is C24H21N3O2S. The first-order valence-corrected chi connectivity index (χ1v) is 10.8. The molecule has 1 fully saturated rings. The van der Waals surface area contributed by atoms with Gasteiger partial charge < -0.3 is 15.0 Å². The third kappa shape index (κ3) is 3.79. The highest BCUT2D eigenvalue weighted by atomic mass is 32.1. The number of rotatable bonds is 4. The van der Waals surface area contributed by atoms with Crippen LogP contribution < -0.4 is 10.2 Å². The Morgan fingerprint density at radius 2 is 1.83 bits per heavy atom. The summed E-state index contributed by atoms with van der Waals surface area (Å²) in [6.45, 7) is 3.29. The first-order chi connectivity index (χ1) is 14.8. The largest absolute Gasteiger partial charge is 0.378 e. The number of pyridine rings is 1. The maximum Gasteiger partial charge on any atom is 0.255 e. The van der Waals surface area contributed by atoms with Crippen molar-refractivity contribution in [2.75, 3.05) is 36.5 Å². The minimum atomic E-state index is -0.141. The van der Waals surface area contributed by atoms with E-state index in [0.717, 1.165) is 54.3 Å². The normalized spacial score (nSPS) is 14.1. The van der Waals surface area contributed by atoms with Gasteiger partial charge in [-0.3, -0.25) is 9.78 Å². The molecule has 1 amide bonds. The maximum atomic E-state index is 12.8. The number of benzene rings is 2. The van der Waals surface area contributed by atoms with Crippen LogP contribution in [-0.4, -0.2) is 37.2 Å².